The van der Waals surface area contributed by atoms with E-state index in [4.69, 9.17) is 4.74 Å². The lowest BCUT2D eigenvalue weighted by Crippen LogP contribution is -2.24. The third kappa shape index (κ3) is 3.10. The van der Waals surface area contributed by atoms with Crippen molar-refractivity contribution < 1.29 is 9.53 Å². The molecule has 4 heteroatoms. The molecule has 0 bridgehead atoms. The number of aryl methyl sites for hydroxylation is 1. The van der Waals surface area contributed by atoms with Crippen LogP contribution in [0.15, 0.2) is 30.3 Å². The van der Waals surface area contributed by atoms with Crippen LogP contribution in [0.4, 0.5) is 0 Å². The molecule has 21 heavy (non-hydrogen) atoms. The molecule has 2 aromatic rings. The number of methoxy groups -OCH3 is 1. The van der Waals surface area contributed by atoms with Crippen LogP contribution in [0, 0.1) is 13.8 Å². The minimum Gasteiger partial charge on any atom is -0.497 e. The van der Waals surface area contributed by atoms with Crippen LogP contribution in [0.1, 0.15) is 35.1 Å². The average molecular weight is 286 g/mol. The SMILES string of the molecule is CCCNC(=O)c1cc(C)n(-c2cccc(OC)c2)c1C. The smallest absolute Gasteiger partial charge is 0.253 e. The second-order valence-electron chi connectivity index (χ2n) is 5.08. The van der Waals surface area contributed by atoms with Crippen molar-refractivity contribution in [3.05, 3.63) is 47.3 Å². The first kappa shape index (κ1) is 15.2. The number of aromatic nitrogens is 1. The van der Waals surface area contributed by atoms with Gasteiger partial charge in [0, 0.05) is 29.7 Å². The van der Waals surface area contributed by atoms with Gasteiger partial charge in [0.1, 0.15) is 5.75 Å². The lowest BCUT2D eigenvalue weighted by atomic mass is 10.2. The molecule has 1 aromatic carbocycles. The Morgan fingerprint density at radius 3 is 2.71 bits per heavy atom. The van der Waals surface area contributed by atoms with Crippen molar-refractivity contribution in [1.29, 1.82) is 0 Å². The molecule has 1 amide bonds. The molecule has 0 aliphatic rings. The maximum Gasteiger partial charge on any atom is 0.253 e. The van der Waals surface area contributed by atoms with Gasteiger partial charge >= 0.3 is 0 Å². The molecule has 1 heterocycles. The maximum absolute atomic E-state index is 12.2. The first-order chi connectivity index (χ1) is 10.1. The van der Waals surface area contributed by atoms with Gasteiger partial charge in [-0.25, -0.2) is 0 Å². The van der Waals surface area contributed by atoms with Crippen LogP contribution in [0.2, 0.25) is 0 Å². The van der Waals surface area contributed by atoms with Gasteiger partial charge in [-0.1, -0.05) is 13.0 Å². The average Bonchev–Trinajstić information content (AvgIpc) is 2.79. The molecule has 4 nitrogen and oxygen atoms in total. The Balaban J connectivity index is 2.41. The van der Waals surface area contributed by atoms with Gasteiger partial charge in [0.25, 0.3) is 5.91 Å². The maximum atomic E-state index is 12.2. The van der Waals surface area contributed by atoms with Crippen LogP contribution in [-0.4, -0.2) is 24.1 Å². The number of benzene rings is 1. The van der Waals surface area contributed by atoms with E-state index in [2.05, 4.69) is 9.88 Å². The summed E-state index contributed by atoms with van der Waals surface area (Å²) in [5.74, 6) is 0.788. The summed E-state index contributed by atoms with van der Waals surface area (Å²) in [6.45, 7) is 6.71. The first-order valence-corrected chi connectivity index (χ1v) is 7.20. The monoisotopic (exact) mass is 286 g/mol. The molecule has 112 valence electrons. The van der Waals surface area contributed by atoms with Crippen molar-refractivity contribution in [2.45, 2.75) is 27.2 Å². The minimum absolute atomic E-state index is 0.0147. The number of amides is 1. The van der Waals surface area contributed by atoms with E-state index in [1.54, 1.807) is 7.11 Å². The zero-order valence-corrected chi connectivity index (χ0v) is 13.1. The molecule has 0 unspecified atom stereocenters. The fourth-order valence-corrected chi connectivity index (χ4v) is 2.47. The second kappa shape index (κ2) is 6.48. The highest BCUT2D eigenvalue weighted by Gasteiger charge is 2.16. The van der Waals surface area contributed by atoms with Gasteiger partial charge in [0.05, 0.1) is 12.7 Å². The molecule has 0 radical (unpaired) electrons. The van der Waals surface area contributed by atoms with Crippen molar-refractivity contribution in [2.75, 3.05) is 13.7 Å². The van der Waals surface area contributed by atoms with Crippen LogP contribution >= 0.6 is 0 Å². The van der Waals surface area contributed by atoms with E-state index in [9.17, 15) is 4.79 Å². The summed E-state index contributed by atoms with van der Waals surface area (Å²) < 4.78 is 7.34. The summed E-state index contributed by atoms with van der Waals surface area (Å²) in [5.41, 5.74) is 3.69. The van der Waals surface area contributed by atoms with Gasteiger partial charge in [-0.3, -0.25) is 4.79 Å². The van der Waals surface area contributed by atoms with Crippen LogP contribution in [0.3, 0.4) is 0 Å². The molecule has 0 atom stereocenters. The van der Waals surface area contributed by atoms with Gasteiger partial charge < -0.3 is 14.6 Å². The number of nitrogens with one attached hydrogen (secondary N) is 1. The highest BCUT2D eigenvalue weighted by molar-refractivity contribution is 5.95. The largest absolute Gasteiger partial charge is 0.497 e. The Morgan fingerprint density at radius 2 is 2.05 bits per heavy atom. The fraction of sp³-hybridized carbons (Fsp3) is 0.353. The number of hydrogen-bond acceptors (Lipinski definition) is 2. The van der Waals surface area contributed by atoms with E-state index in [0.29, 0.717) is 6.54 Å². The van der Waals surface area contributed by atoms with Gasteiger partial charge in [-0.05, 0) is 38.5 Å². The topological polar surface area (TPSA) is 43.3 Å². The highest BCUT2D eigenvalue weighted by Crippen LogP contribution is 2.23. The standard InChI is InChI=1S/C17H22N2O2/c1-5-9-18-17(20)16-10-12(2)19(13(16)3)14-7-6-8-15(11-14)21-4/h6-8,10-11H,5,9H2,1-4H3,(H,18,20). The quantitative estimate of drug-likeness (QED) is 0.917. The zero-order chi connectivity index (χ0) is 15.4. The normalized spacial score (nSPS) is 10.5. The van der Waals surface area contributed by atoms with E-state index < -0.39 is 0 Å². The van der Waals surface area contributed by atoms with E-state index in [1.807, 2.05) is 51.1 Å². The molecule has 0 fully saturated rings. The van der Waals surface area contributed by atoms with Crippen molar-refractivity contribution >= 4 is 5.91 Å². The van der Waals surface area contributed by atoms with Crippen LogP contribution in [0.5, 0.6) is 5.75 Å². The molecule has 0 spiro atoms. The molecule has 1 aromatic heterocycles. The van der Waals surface area contributed by atoms with Gasteiger partial charge in [-0.2, -0.15) is 0 Å². The van der Waals surface area contributed by atoms with Crippen molar-refractivity contribution in [2.24, 2.45) is 0 Å². The molecular weight excluding hydrogens is 264 g/mol. The Labute approximate surface area is 125 Å². The van der Waals surface area contributed by atoms with Crippen molar-refractivity contribution in [3.8, 4) is 11.4 Å². The summed E-state index contributed by atoms with van der Waals surface area (Å²) in [7, 11) is 1.65. The first-order valence-electron chi connectivity index (χ1n) is 7.20. The molecular formula is C17H22N2O2. The van der Waals surface area contributed by atoms with Crippen LogP contribution in [0.25, 0.3) is 5.69 Å². The third-order valence-electron chi connectivity index (χ3n) is 3.52. The number of carbonyl (C=O) groups is 1. The number of hydrogen-bond donors (Lipinski definition) is 1. The number of ether oxygens (including phenoxy) is 1. The van der Waals surface area contributed by atoms with Gasteiger partial charge in [0.2, 0.25) is 0 Å². The van der Waals surface area contributed by atoms with E-state index >= 15 is 0 Å². The van der Waals surface area contributed by atoms with Crippen LogP contribution < -0.4 is 10.1 Å². The van der Waals surface area contributed by atoms with E-state index in [1.165, 1.54) is 0 Å². The Kier molecular flexibility index (Phi) is 4.68. The summed E-state index contributed by atoms with van der Waals surface area (Å²) in [4.78, 5) is 12.2. The van der Waals surface area contributed by atoms with Crippen LogP contribution in [-0.2, 0) is 0 Å². The summed E-state index contributed by atoms with van der Waals surface area (Å²) >= 11 is 0. The number of rotatable bonds is 5. The second-order valence-corrected chi connectivity index (χ2v) is 5.08. The summed E-state index contributed by atoms with van der Waals surface area (Å²) in [5, 5.41) is 2.93. The number of carbonyl (C=O) groups excluding carboxylic acids is 1. The fourth-order valence-electron chi connectivity index (χ4n) is 2.47. The third-order valence-corrected chi connectivity index (χ3v) is 3.52. The zero-order valence-electron chi connectivity index (χ0n) is 13.1. The molecule has 0 aliphatic carbocycles. The molecule has 0 saturated carbocycles. The van der Waals surface area contributed by atoms with E-state index in [-0.39, 0.29) is 5.91 Å². The predicted molar refractivity (Wildman–Crippen MR) is 84.4 cm³/mol. The lowest BCUT2D eigenvalue weighted by Gasteiger charge is -2.11. The Hall–Kier alpha value is -2.23. The van der Waals surface area contributed by atoms with Gasteiger partial charge in [0.15, 0.2) is 0 Å². The molecule has 0 saturated heterocycles. The van der Waals surface area contributed by atoms with E-state index in [0.717, 1.165) is 34.8 Å². The minimum atomic E-state index is -0.0147. The summed E-state index contributed by atoms with van der Waals surface area (Å²) in [6, 6.07) is 9.76. The predicted octanol–water partition coefficient (Wildman–Crippen LogP) is 3.24. The van der Waals surface area contributed by atoms with Crippen molar-refractivity contribution in [3.63, 3.8) is 0 Å². The van der Waals surface area contributed by atoms with Gasteiger partial charge in [-0.15, -0.1) is 0 Å². The summed E-state index contributed by atoms with van der Waals surface area (Å²) in [6.07, 6.45) is 0.931. The highest BCUT2D eigenvalue weighted by atomic mass is 16.5. The Morgan fingerprint density at radius 1 is 1.29 bits per heavy atom. The molecule has 2 rings (SSSR count). The number of nitrogens with zero attached hydrogens (tertiary/aromatic N) is 1. The lowest BCUT2D eigenvalue weighted by molar-refractivity contribution is 0.0953. The van der Waals surface area contributed by atoms with Crippen molar-refractivity contribution in [1.82, 2.24) is 9.88 Å². The Bertz CT molecular complexity index is 644. The molecule has 1 N–H and O–H groups in total. The molecule has 0 aliphatic heterocycles.